The summed E-state index contributed by atoms with van der Waals surface area (Å²) >= 11 is 0. The molecule has 0 amide bonds. The van der Waals surface area contributed by atoms with Gasteiger partial charge in [0.15, 0.2) is 0 Å². The molecule has 98 valence electrons. The Bertz CT molecular complexity index is 341. The largest absolute Gasteiger partial charge is 0.314 e. The van der Waals surface area contributed by atoms with E-state index in [1.807, 2.05) is 0 Å². The topological polar surface area (TPSA) is 29.9 Å². The molecule has 1 rings (SSSR count). The lowest BCUT2D eigenvalue weighted by Gasteiger charge is -2.15. The third-order valence-corrected chi connectivity index (χ3v) is 3.65. The molecule has 0 saturated carbocycles. The van der Waals surface area contributed by atoms with Gasteiger partial charge in [-0.3, -0.25) is 4.68 Å². The quantitative estimate of drug-likeness (QED) is 0.790. The molecular formula is C14H27N3. The van der Waals surface area contributed by atoms with Crippen LogP contribution in [0.3, 0.4) is 0 Å². The van der Waals surface area contributed by atoms with Crippen LogP contribution in [-0.4, -0.2) is 22.4 Å². The molecule has 1 atom stereocenters. The maximum atomic E-state index is 4.57. The molecule has 3 heteroatoms. The molecule has 3 nitrogen and oxygen atoms in total. The molecule has 17 heavy (non-hydrogen) atoms. The van der Waals surface area contributed by atoms with Gasteiger partial charge in [0.1, 0.15) is 0 Å². The number of nitrogens with zero attached hydrogens (tertiary/aromatic N) is 2. The summed E-state index contributed by atoms with van der Waals surface area (Å²) in [5.74, 6) is 0. The molecule has 0 spiro atoms. The van der Waals surface area contributed by atoms with Gasteiger partial charge < -0.3 is 5.32 Å². The van der Waals surface area contributed by atoms with Crippen LogP contribution in [0.25, 0.3) is 0 Å². The van der Waals surface area contributed by atoms with Gasteiger partial charge in [-0.05, 0) is 52.1 Å². The van der Waals surface area contributed by atoms with E-state index in [1.54, 1.807) is 0 Å². The van der Waals surface area contributed by atoms with Crippen molar-refractivity contribution < 1.29 is 0 Å². The van der Waals surface area contributed by atoms with E-state index in [2.05, 4.69) is 49.7 Å². The highest BCUT2D eigenvalue weighted by Crippen LogP contribution is 2.12. The van der Waals surface area contributed by atoms with Crippen LogP contribution < -0.4 is 5.32 Å². The number of aromatic nitrogens is 2. The fourth-order valence-corrected chi connectivity index (χ4v) is 2.23. The van der Waals surface area contributed by atoms with Gasteiger partial charge in [0, 0.05) is 18.3 Å². The predicted octanol–water partition coefficient (Wildman–Crippen LogP) is 2.98. The minimum atomic E-state index is 0.665. The normalized spacial score (nSPS) is 13.0. The van der Waals surface area contributed by atoms with Gasteiger partial charge in [-0.15, -0.1) is 0 Å². The summed E-state index contributed by atoms with van der Waals surface area (Å²) in [6, 6.07) is 0.665. The second-order valence-corrected chi connectivity index (χ2v) is 4.82. The highest BCUT2D eigenvalue weighted by molar-refractivity contribution is 5.21. The zero-order valence-electron chi connectivity index (χ0n) is 12.0. The molecular weight excluding hydrogens is 210 g/mol. The van der Waals surface area contributed by atoms with Crippen LogP contribution in [0.15, 0.2) is 0 Å². The van der Waals surface area contributed by atoms with Crippen LogP contribution >= 0.6 is 0 Å². The van der Waals surface area contributed by atoms with Gasteiger partial charge >= 0.3 is 0 Å². The Morgan fingerprint density at radius 3 is 2.41 bits per heavy atom. The van der Waals surface area contributed by atoms with E-state index in [0.717, 1.165) is 13.1 Å². The van der Waals surface area contributed by atoms with Crippen LogP contribution in [0.1, 0.15) is 50.1 Å². The van der Waals surface area contributed by atoms with Crippen molar-refractivity contribution in [3.8, 4) is 0 Å². The van der Waals surface area contributed by atoms with Gasteiger partial charge in [-0.1, -0.05) is 13.8 Å². The summed E-state index contributed by atoms with van der Waals surface area (Å²) in [7, 11) is 0. The predicted molar refractivity (Wildman–Crippen MR) is 73.4 cm³/mol. The Morgan fingerprint density at radius 1 is 1.24 bits per heavy atom. The van der Waals surface area contributed by atoms with Crippen molar-refractivity contribution in [3.63, 3.8) is 0 Å². The first kappa shape index (κ1) is 14.2. The van der Waals surface area contributed by atoms with Crippen molar-refractivity contribution in [1.29, 1.82) is 0 Å². The van der Waals surface area contributed by atoms with E-state index in [4.69, 9.17) is 0 Å². The first-order valence-corrected chi connectivity index (χ1v) is 6.84. The molecule has 1 aromatic rings. The summed E-state index contributed by atoms with van der Waals surface area (Å²) in [6.45, 7) is 12.9. The highest BCUT2D eigenvalue weighted by Gasteiger charge is 2.08. The minimum absolute atomic E-state index is 0.665. The number of aryl methyl sites for hydroxylation is 2. The average molecular weight is 237 g/mol. The molecule has 1 N–H and O–H groups in total. The standard InChI is InChI=1S/C14H27N3/c1-6-14(15-7-2)9-8-10-17-13(5)11(3)12(4)16-17/h14-15H,6-10H2,1-5H3. The van der Waals surface area contributed by atoms with Crippen LogP contribution in [0.5, 0.6) is 0 Å². The van der Waals surface area contributed by atoms with Crippen LogP contribution in [0.4, 0.5) is 0 Å². The number of nitrogens with one attached hydrogen (secondary N) is 1. The zero-order chi connectivity index (χ0) is 12.8. The van der Waals surface area contributed by atoms with Crippen molar-refractivity contribution in [2.45, 2.75) is 66.5 Å². The second kappa shape index (κ2) is 6.80. The molecule has 0 radical (unpaired) electrons. The lowest BCUT2D eigenvalue weighted by molar-refractivity contribution is 0.436. The monoisotopic (exact) mass is 237 g/mol. The Morgan fingerprint density at radius 2 is 1.94 bits per heavy atom. The molecule has 0 bridgehead atoms. The van der Waals surface area contributed by atoms with E-state index in [0.29, 0.717) is 6.04 Å². The van der Waals surface area contributed by atoms with E-state index < -0.39 is 0 Å². The minimum Gasteiger partial charge on any atom is -0.314 e. The average Bonchev–Trinajstić information content (AvgIpc) is 2.56. The SMILES string of the molecule is CCNC(CC)CCCn1nc(C)c(C)c1C. The second-order valence-electron chi connectivity index (χ2n) is 4.82. The van der Waals surface area contributed by atoms with Crippen LogP contribution in [0, 0.1) is 20.8 Å². The fourth-order valence-electron chi connectivity index (χ4n) is 2.23. The summed E-state index contributed by atoms with van der Waals surface area (Å²) in [6.07, 6.45) is 3.65. The van der Waals surface area contributed by atoms with Crippen molar-refractivity contribution in [3.05, 3.63) is 17.0 Å². The van der Waals surface area contributed by atoms with Crippen LogP contribution in [-0.2, 0) is 6.54 Å². The molecule has 0 aliphatic rings. The first-order chi connectivity index (χ1) is 8.10. The Labute approximate surface area is 106 Å². The van der Waals surface area contributed by atoms with E-state index in [1.165, 1.54) is 36.2 Å². The van der Waals surface area contributed by atoms with Gasteiger partial charge in [-0.2, -0.15) is 5.10 Å². The smallest absolute Gasteiger partial charge is 0.0625 e. The van der Waals surface area contributed by atoms with Crippen molar-refractivity contribution in [2.24, 2.45) is 0 Å². The summed E-state index contributed by atoms with van der Waals surface area (Å²) < 4.78 is 2.16. The number of rotatable bonds is 7. The molecule has 0 aliphatic carbocycles. The zero-order valence-corrected chi connectivity index (χ0v) is 12.0. The van der Waals surface area contributed by atoms with E-state index in [9.17, 15) is 0 Å². The lowest BCUT2D eigenvalue weighted by atomic mass is 10.1. The Kier molecular flexibility index (Phi) is 5.69. The maximum Gasteiger partial charge on any atom is 0.0625 e. The first-order valence-electron chi connectivity index (χ1n) is 6.84. The van der Waals surface area contributed by atoms with E-state index >= 15 is 0 Å². The maximum absolute atomic E-state index is 4.57. The Balaban J connectivity index is 2.42. The summed E-state index contributed by atoms with van der Waals surface area (Å²) in [5, 5.41) is 8.09. The van der Waals surface area contributed by atoms with Crippen molar-refractivity contribution in [2.75, 3.05) is 6.54 Å². The van der Waals surface area contributed by atoms with Gasteiger partial charge in [0.25, 0.3) is 0 Å². The third-order valence-electron chi connectivity index (χ3n) is 3.65. The molecule has 1 unspecified atom stereocenters. The molecule has 0 aromatic carbocycles. The fraction of sp³-hybridized carbons (Fsp3) is 0.786. The Hall–Kier alpha value is -0.830. The number of hydrogen-bond donors (Lipinski definition) is 1. The summed E-state index contributed by atoms with van der Waals surface area (Å²) in [5.41, 5.74) is 3.82. The van der Waals surface area contributed by atoms with Gasteiger partial charge in [-0.25, -0.2) is 0 Å². The molecule has 0 saturated heterocycles. The number of hydrogen-bond acceptors (Lipinski definition) is 2. The molecule has 1 aromatic heterocycles. The van der Waals surface area contributed by atoms with Crippen LogP contribution in [0.2, 0.25) is 0 Å². The van der Waals surface area contributed by atoms with Crippen molar-refractivity contribution in [1.82, 2.24) is 15.1 Å². The lowest BCUT2D eigenvalue weighted by Crippen LogP contribution is -2.28. The third kappa shape index (κ3) is 3.84. The molecule has 1 heterocycles. The summed E-state index contributed by atoms with van der Waals surface area (Å²) in [4.78, 5) is 0. The molecule has 0 fully saturated rings. The van der Waals surface area contributed by atoms with Crippen molar-refractivity contribution >= 4 is 0 Å². The van der Waals surface area contributed by atoms with Gasteiger partial charge in [0.05, 0.1) is 5.69 Å². The van der Waals surface area contributed by atoms with Gasteiger partial charge in [0.2, 0.25) is 0 Å². The van der Waals surface area contributed by atoms with E-state index in [-0.39, 0.29) is 0 Å². The highest BCUT2D eigenvalue weighted by atomic mass is 15.3. The molecule has 0 aliphatic heterocycles.